The van der Waals surface area contributed by atoms with Gasteiger partial charge in [-0.3, -0.25) is 0 Å². The van der Waals surface area contributed by atoms with E-state index in [4.69, 9.17) is 16.9 Å². The van der Waals surface area contributed by atoms with E-state index in [1.54, 1.807) is 6.07 Å². The van der Waals surface area contributed by atoms with Gasteiger partial charge < -0.3 is 0 Å². The Morgan fingerprint density at radius 3 is 3.00 bits per heavy atom. The monoisotopic (exact) mass is 213 g/mol. The van der Waals surface area contributed by atoms with Crippen LogP contribution in [0.5, 0.6) is 0 Å². The molecule has 0 aliphatic carbocycles. The number of aryl methyl sites for hydroxylation is 1. The highest BCUT2D eigenvalue weighted by Crippen LogP contribution is 2.13. The molecule has 0 unspecified atom stereocenters. The molecule has 0 saturated carbocycles. The summed E-state index contributed by atoms with van der Waals surface area (Å²) in [5.74, 6) is 1.32. The van der Waals surface area contributed by atoms with Gasteiger partial charge in [-0.05, 0) is 13.0 Å². The molecule has 0 aromatic carbocycles. The standard InChI is InChI=1S/C8H8ClN3S/c1-6-4-7(5-10)12-8(11-6)13-3-2-9/h4H,2-3H2,1H3. The van der Waals surface area contributed by atoms with Crippen molar-refractivity contribution in [2.45, 2.75) is 12.1 Å². The summed E-state index contributed by atoms with van der Waals surface area (Å²) in [7, 11) is 0. The minimum Gasteiger partial charge on any atom is -0.228 e. The van der Waals surface area contributed by atoms with Crippen molar-refractivity contribution in [3.63, 3.8) is 0 Å². The van der Waals surface area contributed by atoms with E-state index >= 15 is 0 Å². The zero-order chi connectivity index (χ0) is 9.68. The third-order valence-electron chi connectivity index (χ3n) is 1.26. The van der Waals surface area contributed by atoms with E-state index in [0.29, 0.717) is 16.7 Å². The molecule has 0 aliphatic heterocycles. The third-order valence-corrected chi connectivity index (χ3v) is 2.52. The summed E-state index contributed by atoms with van der Waals surface area (Å²) in [5.41, 5.74) is 1.22. The number of rotatable bonds is 3. The minimum absolute atomic E-state index is 0.407. The third kappa shape index (κ3) is 3.21. The first-order valence-corrected chi connectivity index (χ1v) is 5.23. The molecule has 1 rings (SSSR count). The van der Waals surface area contributed by atoms with Crippen molar-refractivity contribution in [1.82, 2.24) is 9.97 Å². The Labute approximate surface area is 86.1 Å². The van der Waals surface area contributed by atoms with E-state index in [1.165, 1.54) is 11.8 Å². The van der Waals surface area contributed by atoms with E-state index in [2.05, 4.69) is 9.97 Å². The Morgan fingerprint density at radius 1 is 1.62 bits per heavy atom. The topological polar surface area (TPSA) is 49.6 Å². The maximum atomic E-state index is 8.64. The Morgan fingerprint density at radius 2 is 2.38 bits per heavy atom. The number of nitriles is 1. The van der Waals surface area contributed by atoms with Gasteiger partial charge in [0.15, 0.2) is 5.16 Å². The molecule has 0 atom stereocenters. The first kappa shape index (κ1) is 10.3. The number of hydrogen-bond acceptors (Lipinski definition) is 4. The van der Waals surface area contributed by atoms with E-state index < -0.39 is 0 Å². The predicted molar refractivity (Wildman–Crippen MR) is 52.9 cm³/mol. The predicted octanol–water partition coefficient (Wildman–Crippen LogP) is 1.99. The van der Waals surface area contributed by atoms with Gasteiger partial charge in [0.05, 0.1) is 0 Å². The van der Waals surface area contributed by atoms with Gasteiger partial charge in [0.25, 0.3) is 0 Å². The normalized spacial score (nSPS) is 9.62. The summed E-state index contributed by atoms with van der Waals surface area (Å²) in [4.78, 5) is 8.18. The lowest BCUT2D eigenvalue weighted by Crippen LogP contribution is -1.94. The average Bonchev–Trinajstić information content (AvgIpc) is 2.14. The fourth-order valence-corrected chi connectivity index (χ4v) is 1.66. The van der Waals surface area contributed by atoms with Crippen molar-refractivity contribution in [3.05, 3.63) is 17.5 Å². The van der Waals surface area contributed by atoms with Gasteiger partial charge in [-0.25, -0.2) is 9.97 Å². The fourth-order valence-electron chi connectivity index (χ4n) is 0.793. The average molecular weight is 214 g/mol. The van der Waals surface area contributed by atoms with Crippen molar-refractivity contribution >= 4 is 23.4 Å². The van der Waals surface area contributed by atoms with E-state index in [-0.39, 0.29) is 0 Å². The first-order valence-electron chi connectivity index (χ1n) is 3.71. The maximum Gasteiger partial charge on any atom is 0.189 e. The second-order valence-corrected chi connectivity index (χ2v) is 3.77. The SMILES string of the molecule is Cc1cc(C#N)nc(SCCCl)n1. The number of alkyl halides is 1. The molecule has 1 heterocycles. The molecule has 0 N–H and O–H groups in total. The second kappa shape index (κ2) is 5.05. The lowest BCUT2D eigenvalue weighted by Gasteiger charge is -1.99. The van der Waals surface area contributed by atoms with Gasteiger partial charge in [-0.1, -0.05) is 11.8 Å². The molecule has 13 heavy (non-hydrogen) atoms. The lowest BCUT2D eigenvalue weighted by molar-refractivity contribution is 0.920. The maximum absolute atomic E-state index is 8.64. The van der Waals surface area contributed by atoms with E-state index in [9.17, 15) is 0 Å². The van der Waals surface area contributed by atoms with E-state index in [1.807, 2.05) is 13.0 Å². The molecule has 3 nitrogen and oxygen atoms in total. The van der Waals surface area contributed by atoms with Crippen LogP contribution < -0.4 is 0 Å². The van der Waals surface area contributed by atoms with Crippen molar-refractivity contribution in [3.8, 4) is 6.07 Å². The Balaban J connectivity index is 2.83. The summed E-state index contributed by atoms with van der Waals surface area (Å²) < 4.78 is 0. The number of hydrogen-bond donors (Lipinski definition) is 0. The summed E-state index contributed by atoms with van der Waals surface area (Å²) >= 11 is 6.98. The molecule has 0 fully saturated rings. The van der Waals surface area contributed by atoms with Gasteiger partial charge in [-0.15, -0.1) is 11.6 Å². The Hall–Kier alpha value is -0.790. The highest BCUT2D eigenvalue weighted by Gasteiger charge is 2.01. The zero-order valence-electron chi connectivity index (χ0n) is 7.12. The minimum atomic E-state index is 0.407. The number of nitrogens with zero attached hydrogens (tertiary/aromatic N) is 3. The van der Waals surface area contributed by atoms with Crippen molar-refractivity contribution in [1.29, 1.82) is 5.26 Å². The van der Waals surface area contributed by atoms with Crippen LogP contribution in [0.3, 0.4) is 0 Å². The molecule has 5 heteroatoms. The molecule has 68 valence electrons. The van der Waals surface area contributed by atoms with Crippen molar-refractivity contribution < 1.29 is 0 Å². The van der Waals surface area contributed by atoms with Gasteiger partial charge >= 0.3 is 0 Å². The molecule has 0 amide bonds. The zero-order valence-corrected chi connectivity index (χ0v) is 8.69. The Bertz CT molecular complexity index is 335. The number of halogens is 1. The van der Waals surface area contributed by atoms with Crippen molar-refractivity contribution in [2.24, 2.45) is 0 Å². The van der Waals surface area contributed by atoms with Crippen LogP contribution in [-0.4, -0.2) is 21.6 Å². The smallest absolute Gasteiger partial charge is 0.189 e. The van der Waals surface area contributed by atoms with Crippen molar-refractivity contribution in [2.75, 3.05) is 11.6 Å². The van der Waals surface area contributed by atoms with Crippen LogP contribution in [-0.2, 0) is 0 Å². The number of aromatic nitrogens is 2. The summed E-state index contributed by atoms with van der Waals surface area (Å²) in [6, 6.07) is 3.64. The van der Waals surface area contributed by atoms with Crippen LogP contribution in [0.1, 0.15) is 11.4 Å². The molecule has 0 radical (unpaired) electrons. The summed E-state index contributed by atoms with van der Waals surface area (Å²) in [6.45, 7) is 1.84. The van der Waals surface area contributed by atoms with Crippen LogP contribution in [0, 0.1) is 18.3 Å². The summed E-state index contributed by atoms with van der Waals surface area (Å²) in [5, 5.41) is 9.26. The van der Waals surface area contributed by atoms with Gasteiger partial charge in [0.2, 0.25) is 0 Å². The van der Waals surface area contributed by atoms with Crippen LogP contribution in [0.2, 0.25) is 0 Å². The molecule has 0 bridgehead atoms. The highest BCUT2D eigenvalue weighted by molar-refractivity contribution is 7.99. The molecule has 0 spiro atoms. The quantitative estimate of drug-likeness (QED) is 0.438. The molecular formula is C8H8ClN3S. The van der Waals surface area contributed by atoms with Crippen LogP contribution >= 0.6 is 23.4 Å². The van der Waals surface area contributed by atoms with Gasteiger partial charge in [0, 0.05) is 17.3 Å². The second-order valence-electron chi connectivity index (χ2n) is 2.33. The van der Waals surface area contributed by atoms with Crippen LogP contribution in [0.25, 0.3) is 0 Å². The molecule has 0 aliphatic rings. The van der Waals surface area contributed by atoms with Crippen LogP contribution in [0.15, 0.2) is 11.2 Å². The highest BCUT2D eigenvalue weighted by atomic mass is 35.5. The molecule has 0 saturated heterocycles. The largest absolute Gasteiger partial charge is 0.228 e. The Kier molecular flexibility index (Phi) is 4.00. The van der Waals surface area contributed by atoms with E-state index in [0.717, 1.165) is 11.4 Å². The van der Waals surface area contributed by atoms with Crippen LogP contribution in [0.4, 0.5) is 0 Å². The molecule has 1 aromatic rings. The fraction of sp³-hybridized carbons (Fsp3) is 0.375. The molecular weight excluding hydrogens is 206 g/mol. The summed E-state index contributed by atoms with van der Waals surface area (Å²) in [6.07, 6.45) is 0. The lowest BCUT2D eigenvalue weighted by atomic mass is 10.4. The number of thioether (sulfide) groups is 1. The van der Waals surface area contributed by atoms with Gasteiger partial charge in [-0.2, -0.15) is 5.26 Å². The molecule has 1 aromatic heterocycles. The van der Waals surface area contributed by atoms with Gasteiger partial charge in [0.1, 0.15) is 11.8 Å². The first-order chi connectivity index (χ1) is 6.26.